The lowest BCUT2D eigenvalue weighted by molar-refractivity contribution is 0.415. The second-order valence-corrected chi connectivity index (χ2v) is 5.90. The van der Waals surface area contributed by atoms with E-state index in [1.165, 1.54) is 0 Å². The van der Waals surface area contributed by atoms with Crippen molar-refractivity contribution in [3.8, 4) is 28.6 Å². The summed E-state index contributed by atoms with van der Waals surface area (Å²) in [6.45, 7) is 0. The van der Waals surface area contributed by atoms with Crippen LogP contribution < -0.4 is 16.0 Å². The van der Waals surface area contributed by atoms with E-state index < -0.39 is 5.56 Å². The first-order chi connectivity index (χ1) is 13.1. The monoisotopic (exact) mass is 357 g/mol. The van der Waals surface area contributed by atoms with Crippen molar-refractivity contribution in [1.82, 2.24) is 14.8 Å². The Balaban J connectivity index is 2.09. The highest BCUT2D eigenvalue weighted by Crippen LogP contribution is 2.34. The van der Waals surface area contributed by atoms with Crippen LogP contribution in [0, 0.1) is 11.3 Å². The minimum absolute atomic E-state index is 0.00743. The predicted octanol–water partition coefficient (Wildman–Crippen LogP) is 2.84. The van der Waals surface area contributed by atoms with Gasteiger partial charge in [-0.2, -0.15) is 5.26 Å². The molecule has 0 aliphatic rings. The summed E-state index contributed by atoms with van der Waals surface area (Å²) in [6.07, 6.45) is 0. The van der Waals surface area contributed by atoms with Gasteiger partial charge in [0.1, 0.15) is 23.0 Å². The van der Waals surface area contributed by atoms with E-state index in [9.17, 15) is 10.1 Å². The van der Waals surface area contributed by atoms with Crippen molar-refractivity contribution in [1.29, 1.82) is 5.26 Å². The van der Waals surface area contributed by atoms with E-state index in [0.717, 1.165) is 5.69 Å². The quantitative estimate of drug-likeness (QED) is 0.586. The zero-order valence-electron chi connectivity index (χ0n) is 14.4. The van der Waals surface area contributed by atoms with Gasteiger partial charge in [-0.05, 0) is 29.8 Å². The number of ether oxygens (including phenoxy) is 1. The van der Waals surface area contributed by atoms with Gasteiger partial charge in [0, 0.05) is 5.56 Å². The molecule has 0 aliphatic heterocycles. The normalized spacial score (nSPS) is 10.7. The minimum atomic E-state index is -0.493. The first-order valence-corrected chi connectivity index (χ1v) is 8.18. The molecule has 0 aliphatic carbocycles. The summed E-state index contributed by atoms with van der Waals surface area (Å²) in [6, 6.07) is 18.4. The van der Waals surface area contributed by atoms with Crippen LogP contribution in [0.2, 0.25) is 0 Å². The molecule has 0 bridgehead atoms. The third-order valence-corrected chi connectivity index (χ3v) is 4.36. The second-order valence-electron chi connectivity index (χ2n) is 5.90. The van der Waals surface area contributed by atoms with E-state index in [2.05, 4.69) is 10.1 Å². The molecule has 0 fully saturated rings. The summed E-state index contributed by atoms with van der Waals surface area (Å²) < 4.78 is 6.75. The largest absolute Gasteiger partial charge is 0.497 e. The minimum Gasteiger partial charge on any atom is -0.497 e. The number of nitrogens with one attached hydrogen (secondary N) is 1. The van der Waals surface area contributed by atoms with E-state index in [-0.39, 0.29) is 11.4 Å². The molecule has 2 aromatic carbocycles. The number of rotatable bonds is 3. The molecule has 7 heteroatoms. The van der Waals surface area contributed by atoms with Crippen LogP contribution in [0.3, 0.4) is 0 Å². The summed E-state index contributed by atoms with van der Waals surface area (Å²) >= 11 is 0. The Morgan fingerprint density at radius 3 is 2.48 bits per heavy atom. The summed E-state index contributed by atoms with van der Waals surface area (Å²) in [4.78, 5) is 15.3. The number of fused-ring (bicyclic) bond motifs is 1. The molecule has 0 atom stereocenters. The highest BCUT2D eigenvalue weighted by Gasteiger charge is 2.21. The predicted molar refractivity (Wildman–Crippen MR) is 103 cm³/mol. The van der Waals surface area contributed by atoms with Crippen molar-refractivity contribution >= 4 is 16.9 Å². The Morgan fingerprint density at radius 2 is 1.85 bits per heavy atom. The molecular formula is C20H15N5O2. The van der Waals surface area contributed by atoms with Crippen molar-refractivity contribution in [3.05, 3.63) is 70.5 Å². The number of nitriles is 1. The molecule has 7 nitrogen and oxygen atoms in total. The van der Waals surface area contributed by atoms with Crippen molar-refractivity contribution in [2.45, 2.75) is 0 Å². The van der Waals surface area contributed by atoms with Gasteiger partial charge in [0.05, 0.1) is 18.2 Å². The van der Waals surface area contributed by atoms with Crippen LogP contribution >= 0.6 is 0 Å². The Hall–Kier alpha value is -4.05. The number of hydrogen-bond acceptors (Lipinski definition) is 5. The van der Waals surface area contributed by atoms with Crippen LogP contribution in [-0.4, -0.2) is 21.9 Å². The maximum absolute atomic E-state index is 12.6. The van der Waals surface area contributed by atoms with Gasteiger partial charge >= 0.3 is 0 Å². The maximum Gasteiger partial charge on any atom is 0.268 e. The van der Waals surface area contributed by atoms with Crippen LogP contribution in [0.5, 0.6) is 5.75 Å². The van der Waals surface area contributed by atoms with Crippen LogP contribution in [-0.2, 0) is 0 Å². The van der Waals surface area contributed by atoms with Gasteiger partial charge in [0.15, 0.2) is 5.82 Å². The number of H-pyrrole nitrogens is 1. The van der Waals surface area contributed by atoms with E-state index >= 15 is 0 Å². The van der Waals surface area contributed by atoms with Gasteiger partial charge < -0.3 is 15.5 Å². The summed E-state index contributed by atoms with van der Waals surface area (Å²) in [5.41, 5.74) is 8.02. The molecule has 132 valence electrons. The van der Waals surface area contributed by atoms with E-state index in [4.69, 9.17) is 10.5 Å². The molecule has 4 aromatic rings. The fraction of sp³-hybridized carbons (Fsp3) is 0.0500. The lowest BCUT2D eigenvalue weighted by atomic mass is 9.98. The number of nitrogen functional groups attached to an aromatic ring is 1. The Morgan fingerprint density at radius 1 is 1.15 bits per heavy atom. The molecule has 0 spiro atoms. The van der Waals surface area contributed by atoms with Crippen LogP contribution in [0.15, 0.2) is 59.4 Å². The SMILES string of the molecule is COc1ccc(-c2c(C#N)c(=O)[nH]c3c2c(N)nn3-c2ccccc2)cc1. The number of nitrogens with zero attached hydrogens (tertiary/aromatic N) is 3. The lowest BCUT2D eigenvalue weighted by Crippen LogP contribution is -2.13. The molecule has 27 heavy (non-hydrogen) atoms. The van der Waals surface area contributed by atoms with Crippen molar-refractivity contribution in [2.24, 2.45) is 0 Å². The number of hydrogen-bond donors (Lipinski definition) is 2. The average molecular weight is 357 g/mol. The summed E-state index contributed by atoms with van der Waals surface area (Å²) in [5, 5.41) is 14.5. The van der Waals surface area contributed by atoms with Gasteiger partial charge in [-0.15, -0.1) is 5.10 Å². The average Bonchev–Trinajstić information content (AvgIpc) is 3.03. The van der Waals surface area contributed by atoms with Gasteiger partial charge in [-0.3, -0.25) is 4.79 Å². The molecular weight excluding hydrogens is 342 g/mol. The molecule has 2 heterocycles. The van der Waals surface area contributed by atoms with Crippen molar-refractivity contribution in [2.75, 3.05) is 12.8 Å². The van der Waals surface area contributed by atoms with E-state index in [1.54, 1.807) is 36.1 Å². The molecule has 2 aromatic heterocycles. The van der Waals surface area contributed by atoms with Crippen molar-refractivity contribution < 1.29 is 4.74 Å². The fourth-order valence-corrected chi connectivity index (χ4v) is 3.11. The zero-order chi connectivity index (χ0) is 19.0. The van der Waals surface area contributed by atoms with Gasteiger partial charge in [0.25, 0.3) is 5.56 Å². The topological polar surface area (TPSA) is 110 Å². The van der Waals surface area contributed by atoms with Gasteiger partial charge in [-0.25, -0.2) is 4.68 Å². The number of aromatic amines is 1. The van der Waals surface area contributed by atoms with Gasteiger partial charge in [-0.1, -0.05) is 30.3 Å². The maximum atomic E-state index is 12.6. The van der Waals surface area contributed by atoms with E-state index in [1.807, 2.05) is 36.4 Å². The number of pyridine rings is 1. The highest BCUT2D eigenvalue weighted by atomic mass is 16.5. The number of anilines is 1. The Bertz CT molecular complexity index is 1230. The molecule has 3 N–H and O–H groups in total. The lowest BCUT2D eigenvalue weighted by Gasteiger charge is -2.08. The molecule has 0 saturated heterocycles. The second kappa shape index (κ2) is 6.35. The van der Waals surface area contributed by atoms with Crippen LogP contribution in [0.1, 0.15) is 5.56 Å². The standard InChI is InChI=1S/C20H15N5O2/c1-27-14-9-7-12(8-10-14)16-15(11-21)20(26)23-19-17(16)18(22)24-25(19)13-5-3-2-4-6-13/h2-10H,1H3,(H2,22,24)(H,23,26). The molecule has 0 radical (unpaired) electrons. The van der Waals surface area contributed by atoms with Crippen LogP contribution in [0.4, 0.5) is 5.82 Å². The number of nitrogens with two attached hydrogens (primary N) is 1. The third kappa shape index (κ3) is 2.60. The van der Waals surface area contributed by atoms with Gasteiger partial charge in [0.2, 0.25) is 0 Å². The Labute approximate surface area is 154 Å². The number of para-hydroxylation sites is 1. The molecule has 0 saturated carbocycles. The summed E-state index contributed by atoms with van der Waals surface area (Å²) in [5.74, 6) is 0.902. The van der Waals surface area contributed by atoms with Crippen molar-refractivity contribution in [3.63, 3.8) is 0 Å². The smallest absolute Gasteiger partial charge is 0.268 e. The third-order valence-electron chi connectivity index (χ3n) is 4.36. The molecule has 4 rings (SSSR count). The number of aromatic nitrogens is 3. The zero-order valence-corrected chi connectivity index (χ0v) is 14.4. The van der Waals surface area contributed by atoms with Crippen LogP contribution in [0.25, 0.3) is 27.8 Å². The highest BCUT2D eigenvalue weighted by molar-refractivity contribution is 6.02. The Kier molecular flexibility index (Phi) is 3.86. The van der Waals surface area contributed by atoms with E-state index in [0.29, 0.717) is 27.9 Å². The summed E-state index contributed by atoms with van der Waals surface area (Å²) in [7, 11) is 1.57. The first kappa shape index (κ1) is 16.4. The molecule has 0 unspecified atom stereocenters. The number of methoxy groups -OCH3 is 1. The first-order valence-electron chi connectivity index (χ1n) is 8.18. The fourth-order valence-electron chi connectivity index (χ4n) is 3.11. The number of benzene rings is 2. The molecule has 0 amide bonds.